The highest BCUT2D eigenvalue weighted by atomic mass is 32.2. The fraction of sp³-hybridized carbons (Fsp3) is 0.235. The summed E-state index contributed by atoms with van der Waals surface area (Å²) in [6.07, 6.45) is 2.00. The van der Waals surface area contributed by atoms with E-state index in [1.807, 2.05) is 42.7 Å². The molecule has 1 amide bonds. The second-order valence-electron chi connectivity index (χ2n) is 4.96. The molecule has 2 rings (SSSR count). The number of anilines is 1. The van der Waals surface area contributed by atoms with E-state index in [1.54, 1.807) is 11.8 Å². The predicted octanol–water partition coefficient (Wildman–Crippen LogP) is 4.78. The molecule has 0 aliphatic carbocycles. The van der Waals surface area contributed by atoms with Gasteiger partial charge in [0.2, 0.25) is 0 Å². The van der Waals surface area contributed by atoms with Gasteiger partial charge in [-0.25, -0.2) is 0 Å². The Balaban J connectivity index is 2.10. The maximum atomic E-state index is 12.2. The highest BCUT2D eigenvalue weighted by Crippen LogP contribution is 2.19. The number of thioether (sulfide) groups is 1. The Morgan fingerprint density at radius 1 is 1.10 bits per heavy atom. The third kappa shape index (κ3) is 3.64. The van der Waals surface area contributed by atoms with Gasteiger partial charge >= 0.3 is 0 Å². The highest BCUT2D eigenvalue weighted by Gasteiger charge is 2.07. The van der Waals surface area contributed by atoms with Crippen molar-refractivity contribution in [3.8, 4) is 0 Å². The summed E-state index contributed by atoms with van der Waals surface area (Å²) in [7, 11) is 0. The first-order chi connectivity index (χ1) is 9.60. The molecule has 0 bridgehead atoms. The standard InChI is InChI=1S/C17H19NOS/c1-12(2)13-7-9-15(10-8-13)18-17(19)14-5-4-6-16(11-14)20-3/h4-12H,1-3H3,(H,18,19). The molecule has 0 atom stereocenters. The van der Waals surface area contributed by atoms with Crippen molar-refractivity contribution in [2.24, 2.45) is 0 Å². The molecule has 0 spiro atoms. The van der Waals surface area contributed by atoms with Crippen LogP contribution in [0.3, 0.4) is 0 Å². The lowest BCUT2D eigenvalue weighted by Gasteiger charge is -2.09. The Bertz CT molecular complexity index is 590. The molecule has 0 aliphatic heterocycles. The molecule has 0 saturated carbocycles. The zero-order chi connectivity index (χ0) is 14.5. The summed E-state index contributed by atoms with van der Waals surface area (Å²) < 4.78 is 0. The number of nitrogens with one attached hydrogen (secondary N) is 1. The van der Waals surface area contributed by atoms with Crippen molar-refractivity contribution in [2.75, 3.05) is 11.6 Å². The average molecular weight is 285 g/mol. The van der Waals surface area contributed by atoms with Gasteiger partial charge < -0.3 is 5.32 Å². The lowest BCUT2D eigenvalue weighted by Crippen LogP contribution is -2.11. The van der Waals surface area contributed by atoms with Gasteiger partial charge in [0.05, 0.1) is 0 Å². The molecule has 2 nitrogen and oxygen atoms in total. The molecule has 3 heteroatoms. The normalized spacial score (nSPS) is 10.6. The van der Waals surface area contributed by atoms with Crippen molar-refractivity contribution in [2.45, 2.75) is 24.7 Å². The number of benzene rings is 2. The Hall–Kier alpha value is -1.74. The molecule has 20 heavy (non-hydrogen) atoms. The van der Waals surface area contributed by atoms with Gasteiger partial charge in [-0.3, -0.25) is 4.79 Å². The summed E-state index contributed by atoms with van der Waals surface area (Å²) in [4.78, 5) is 13.3. The number of amides is 1. The molecule has 0 fully saturated rings. The summed E-state index contributed by atoms with van der Waals surface area (Å²) >= 11 is 1.63. The fourth-order valence-corrected chi connectivity index (χ4v) is 2.38. The Kier molecular flexibility index (Phi) is 4.85. The van der Waals surface area contributed by atoms with Crippen molar-refractivity contribution in [1.82, 2.24) is 0 Å². The number of carbonyl (C=O) groups excluding carboxylic acids is 1. The van der Waals surface area contributed by atoms with Crippen molar-refractivity contribution < 1.29 is 4.79 Å². The van der Waals surface area contributed by atoms with E-state index in [-0.39, 0.29) is 5.91 Å². The van der Waals surface area contributed by atoms with Gasteiger partial charge in [-0.15, -0.1) is 11.8 Å². The van der Waals surface area contributed by atoms with Gasteiger partial charge in [-0.05, 0) is 48.1 Å². The van der Waals surface area contributed by atoms with Crippen LogP contribution in [0.15, 0.2) is 53.4 Å². The van der Waals surface area contributed by atoms with Gasteiger partial charge in [0, 0.05) is 16.1 Å². The van der Waals surface area contributed by atoms with Crippen LogP contribution in [0.1, 0.15) is 35.7 Å². The number of hydrogen-bond donors (Lipinski definition) is 1. The average Bonchev–Trinajstić information content (AvgIpc) is 2.47. The molecular formula is C17H19NOS. The predicted molar refractivity (Wildman–Crippen MR) is 86.7 cm³/mol. The molecule has 0 unspecified atom stereocenters. The molecule has 2 aromatic rings. The SMILES string of the molecule is CSc1cccc(C(=O)Nc2ccc(C(C)C)cc2)c1. The first-order valence-corrected chi connectivity index (χ1v) is 7.88. The van der Waals surface area contributed by atoms with Gasteiger partial charge in [0.1, 0.15) is 0 Å². The van der Waals surface area contributed by atoms with Crippen LogP contribution in [0.5, 0.6) is 0 Å². The second kappa shape index (κ2) is 6.62. The summed E-state index contributed by atoms with van der Waals surface area (Å²) in [6.45, 7) is 4.31. The van der Waals surface area contributed by atoms with E-state index in [1.165, 1.54) is 5.56 Å². The minimum atomic E-state index is -0.0711. The van der Waals surface area contributed by atoms with E-state index in [9.17, 15) is 4.79 Å². The van der Waals surface area contributed by atoms with E-state index in [0.717, 1.165) is 10.6 Å². The van der Waals surface area contributed by atoms with Crippen molar-refractivity contribution in [1.29, 1.82) is 0 Å². The first-order valence-electron chi connectivity index (χ1n) is 6.65. The summed E-state index contributed by atoms with van der Waals surface area (Å²) in [5, 5.41) is 2.93. The Morgan fingerprint density at radius 2 is 1.80 bits per heavy atom. The summed E-state index contributed by atoms with van der Waals surface area (Å²) in [5.74, 6) is 0.427. The van der Waals surface area contributed by atoms with Crippen LogP contribution in [-0.4, -0.2) is 12.2 Å². The zero-order valence-corrected chi connectivity index (χ0v) is 12.8. The molecular weight excluding hydrogens is 266 g/mol. The lowest BCUT2D eigenvalue weighted by atomic mass is 10.0. The van der Waals surface area contributed by atoms with Crippen LogP contribution >= 0.6 is 11.8 Å². The fourth-order valence-electron chi connectivity index (χ4n) is 1.92. The topological polar surface area (TPSA) is 29.1 Å². The molecule has 0 aromatic heterocycles. The maximum Gasteiger partial charge on any atom is 0.255 e. The number of rotatable bonds is 4. The highest BCUT2D eigenvalue weighted by molar-refractivity contribution is 7.98. The van der Waals surface area contributed by atoms with Gasteiger partial charge in [0.15, 0.2) is 0 Å². The minimum absolute atomic E-state index is 0.0711. The van der Waals surface area contributed by atoms with E-state index in [0.29, 0.717) is 11.5 Å². The summed E-state index contributed by atoms with van der Waals surface area (Å²) in [5.41, 5.74) is 2.78. The van der Waals surface area contributed by atoms with Crippen molar-refractivity contribution >= 4 is 23.4 Å². The molecule has 0 heterocycles. The monoisotopic (exact) mass is 285 g/mol. The van der Waals surface area contributed by atoms with Gasteiger partial charge in [-0.1, -0.05) is 32.0 Å². The van der Waals surface area contributed by atoms with Gasteiger partial charge in [0.25, 0.3) is 5.91 Å². The molecule has 1 N–H and O–H groups in total. The first kappa shape index (κ1) is 14.7. The van der Waals surface area contributed by atoms with E-state index in [2.05, 4.69) is 31.3 Å². The van der Waals surface area contributed by atoms with E-state index >= 15 is 0 Å². The maximum absolute atomic E-state index is 12.2. The Morgan fingerprint density at radius 3 is 2.40 bits per heavy atom. The largest absolute Gasteiger partial charge is 0.322 e. The van der Waals surface area contributed by atoms with Crippen LogP contribution in [0.4, 0.5) is 5.69 Å². The quantitative estimate of drug-likeness (QED) is 0.819. The third-order valence-corrected chi connectivity index (χ3v) is 3.89. The molecule has 0 saturated heterocycles. The number of hydrogen-bond acceptors (Lipinski definition) is 2. The van der Waals surface area contributed by atoms with Crippen molar-refractivity contribution in [3.05, 3.63) is 59.7 Å². The van der Waals surface area contributed by atoms with Crippen molar-refractivity contribution in [3.63, 3.8) is 0 Å². The van der Waals surface area contributed by atoms with E-state index in [4.69, 9.17) is 0 Å². The lowest BCUT2D eigenvalue weighted by molar-refractivity contribution is 0.102. The van der Waals surface area contributed by atoms with Crippen LogP contribution in [-0.2, 0) is 0 Å². The smallest absolute Gasteiger partial charge is 0.255 e. The molecule has 2 aromatic carbocycles. The summed E-state index contributed by atoms with van der Waals surface area (Å²) in [6, 6.07) is 15.6. The Labute approximate surface area is 124 Å². The second-order valence-corrected chi connectivity index (χ2v) is 5.84. The number of carbonyl (C=O) groups is 1. The molecule has 104 valence electrons. The molecule has 0 radical (unpaired) electrons. The molecule has 0 aliphatic rings. The van der Waals surface area contributed by atoms with Gasteiger partial charge in [-0.2, -0.15) is 0 Å². The third-order valence-electron chi connectivity index (χ3n) is 3.17. The van der Waals surface area contributed by atoms with E-state index < -0.39 is 0 Å². The van der Waals surface area contributed by atoms with Crippen LogP contribution in [0.25, 0.3) is 0 Å². The van der Waals surface area contributed by atoms with Crippen LogP contribution < -0.4 is 5.32 Å². The minimum Gasteiger partial charge on any atom is -0.322 e. The van der Waals surface area contributed by atoms with Crippen LogP contribution in [0, 0.1) is 0 Å². The van der Waals surface area contributed by atoms with Crippen LogP contribution in [0.2, 0.25) is 0 Å². The zero-order valence-electron chi connectivity index (χ0n) is 12.0.